The van der Waals surface area contributed by atoms with Crippen LogP contribution in [-0.4, -0.2) is 36.2 Å². The second-order valence-corrected chi connectivity index (χ2v) is 5.52. The van der Waals surface area contributed by atoms with Crippen molar-refractivity contribution < 1.29 is 5.11 Å². The summed E-state index contributed by atoms with van der Waals surface area (Å²) in [6.07, 6.45) is 6.51. The van der Waals surface area contributed by atoms with Gasteiger partial charge in [0.25, 0.3) is 0 Å². The predicted molar refractivity (Wildman–Crippen MR) is 58.2 cm³/mol. The summed E-state index contributed by atoms with van der Waals surface area (Å²) in [5, 5.41) is 9.55. The van der Waals surface area contributed by atoms with E-state index in [0.717, 1.165) is 12.5 Å². The minimum Gasteiger partial charge on any atom is -0.396 e. The summed E-state index contributed by atoms with van der Waals surface area (Å²) in [7, 11) is 0. The Morgan fingerprint density at radius 3 is 2.36 bits per heavy atom. The van der Waals surface area contributed by atoms with E-state index in [0.29, 0.717) is 6.61 Å². The maximum absolute atomic E-state index is 9.55. The number of likely N-dealkylation sites (tertiary alicyclic amines) is 1. The highest BCUT2D eigenvalue weighted by molar-refractivity contribution is 4.88. The molecule has 0 bridgehead atoms. The highest BCUT2D eigenvalue weighted by Gasteiger charge is 2.36. The van der Waals surface area contributed by atoms with Gasteiger partial charge in [-0.25, -0.2) is 0 Å². The van der Waals surface area contributed by atoms with E-state index in [4.69, 9.17) is 0 Å². The summed E-state index contributed by atoms with van der Waals surface area (Å²) in [5.41, 5.74) is 0.262. The first kappa shape index (κ1) is 10.4. The predicted octanol–water partition coefficient (Wildman–Crippen LogP) is 1.88. The molecule has 0 aromatic rings. The van der Waals surface area contributed by atoms with Gasteiger partial charge in [0.1, 0.15) is 0 Å². The van der Waals surface area contributed by atoms with Crippen LogP contribution in [0.15, 0.2) is 0 Å². The first-order valence-corrected chi connectivity index (χ1v) is 6.07. The van der Waals surface area contributed by atoms with Gasteiger partial charge < -0.3 is 10.0 Å². The number of hydrogen-bond acceptors (Lipinski definition) is 2. The Labute approximate surface area is 87.3 Å². The van der Waals surface area contributed by atoms with Crippen molar-refractivity contribution >= 4 is 0 Å². The third-order valence-electron chi connectivity index (χ3n) is 3.95. The van der Waals surface area contributed by atoms with E-state index >= 15 is 0 Å². The average Bonchev–Trinajstić information content (AvgIpc) is 2.17. The van der Waals surface area contributed by atoms with Crippen molar-refractivity contribution in [2.75, 3.05) is 26.2 Å². The van der Waals surface area contributed by atoms with Gasteiger partial charge in [-0.1, -0.05) is 26.2 Å². The molecule has 14 heavy (non-hydrogen) atoms. The van der Waals surface area contributed by atoms with Crippen molar-refractivity contribution in [3.05, 3.63) is 0 Å². The van der Waals surface area contributed by atoms with Gasteiger partial charge in [0, 0.05) is 31.7 Å². The first-order chi connectivity index (χ1) is 6.74. The fraction of sp³-hybridized carbons (Fsp3) is 1.00. The zero-order valence-electron chi connectivity index (χ0n) is 9.34. The van der Waals surface area contributed by atoms with Crippen molar-refractivity contribution in [3.8, 4) is 0 Å². The fourth-order valence-corrected chi connectivity index (χ4v) is 3.10. The lowest BCUT2D eigenvalue weighted by Crippen LogP contribution is -2.51. The van der Waals surface area contributed by atoms with Crippen LogP contribution in [0.5, 0.6) is 0 Å². The molecular formula is C12H23NO. The number of nitrogens with zero attached hydrogens (tertiary/aromatic N) is 1. The van der Waals surface area contributed by atoms with Gasteiger partial charge in [0.15, 0.2) is 0 Å². The molecule has 2 aliphatic rings. The highest BCUT2D eigenvalue weighted by Crippen LogP contribution is 2.37. The Bertz CT molecular complexity index is 181. The standard InChI is InChI=1S/C12H23NO/c1-11-7-13(8-11)9-12(10-14)5-3-2-4-6-12/h11,14H,2-10H2,1H3. The lowest BCUT2D eigenvalue weighted by atomic mass is 9.73. The van der Waals surface area contributed by atoms with Crippen LogP contribution < -0.4 is 0 Å². The zero-order chi connectivity index (χ0) is 10.0. The molecule has 0 unspecified atom stereocenters. The topological polar surface area (TPSA) is 23.5 Å². The maximum atomic E-state index is 9.55. The normalized spacial score (nSPS) is 28.7. The molecule has 0 atom stereocenters. The maximum Gasteiger partial charge on any atom is 0.0499 e. The smallest absolute Gasteiger partial charge is 0.0499 e. The minimum atomic E-state index is 0.262. The van der Waals surface area contributed by atoms with E-state index in [2.05, 4.69) is 11.8 Å². The summed E-state index contributed by atoms with van der Waals surface area (Å²) < 4.78 is 0. The number of rotatable bonds is 3. The summed E-state index contributed by atoms with van der Waals surface area (Å²) in [5.74, 6) is 0.884. The molecule has 0 radical (unpaired) electrons. The molecule has 1 saturated heterocycles. The van der Waals surface area contributed by atoms with Gasteiger partial charge in [-0.15, -0.1) is 0 Å². The molecule has 1 N–H and O–H groups in total. The number of aliphatic hydroxyl groups is 1. The zero-order valence-corrected chi connectivity index (χ0v) is 9.34. The first-order valence-electron chi connectivity index (χ1n) is 6.07. The molecule has 2 fully saturated rings. The molecule has 1 saturated carbocycles. The Morgan fingerprint density at radius 2 is 1.86 bits per heavy atom. The van der Waals surface area contributed by atoms with Crippen molar-refractivity contribution in [2.24, 2.45) is 11.3 Å². The lowest BCUT2D eigenvalue weighted by Gasteiger charge is -2.45. The summed E-state index contributed by atoms with van der Waals surface area (Å²) in [4.78, 5) is 2.52. The van der Waals surface area contributed by atoms with E-state index in [-0.39, 0.29) is 5.41 Å². The Morgan fingerprint density at radius 1 is 1.21 bits per heavy atom. The molecule has 0 aromatic carbocycles. The van der Waals surface area contributed by atoms with Crippen LogP contribution >= 0.6 is 0 Å². The van der Waals surface area contributed by atoms with Gasteiger partial charge >= 0.3 is 0 Å². The molecule has 0 amide bonds. The van der Waals surface area contributed by atoms with Gasteiger partial charge in [0.05, 0.1) is 0 Å². The Kier molecular flexibility index (Phi) is 3.13. The molecule has 2 nitrogen and oxygen atoms in total. The number of aliphatic hydroxyl groups excluding tert-OH is 1. The molecule has 1 aliphatic carbocycles. The fourth-order valence-electron chi connectivity index (χ4n) is 3.10. The largest absolute Gasteiger partial charge is 0.396 e. The van der Waals surface area contributed by atoms with E-state index < -0.39 is 0 Å². The quantitative estimate of drug-likeness (QED) is 0.746. The van der Waals surface area contributed by atoms with Crippen LogP contribution in [0.2, 0.25) is 0 Å². The van der Waals surface area contributed by atoms with Crippen LogP contribution in [-0.2, 0) is 0 Å². The van der Waals surface area contributed by atoms with E-state index in [9.17, 15) is 5.11 Å². The van der Waals surface area contributed by atoms with Crippen LogP contribution in [0.1, 0.15) is 39.0 Å². The lowest BCUT2D eigenvalue weighted by molar-refractivity contribution is 0.000232. The van der Waals surface area contributed by atoms with Crippen molar-refractivity contribution in [1.82, 2.24) is 4.90 Å². The third-order valence-corrected chi connectivity index (χ3v) is 3.95. The van der Waals surface area contributed by atoms with E-state index in [1.807, 2.05) is 0 Å². The van der Waals surface area contributed by atoms with E-state index in [1.54, 1.807) is 0 Å². The van der Waals surface area contributed by atoms with Gasteiger partial charge in [-0.05, 0) is 18.8 Å². The van der Waals surface area contributed by atoms with Crippen LogP contribution in [0.25, 0.3) is 0 Å². The third kappa shape index (κ3) is 2.12. The molecule has 1 heterocycles. The minimum absolute atomic E-state index is 0.262. The molecule has 2 rings (SSSR count). The monoisotopic (exact) mass is 197 g/mol. The van der Waals surface area contributed by atoms with Gasteiger partial charge in [-0.3, -0.25) is 0 Å². The Balaban J connectivity index is 1.85. The summed E-state index contributed by atoms with van der Waals surface area (Å²) in [6.45, 7) is 6.36. The molecule has 1 aliphatic heterocycles. The summed E-state index contributed by atoms with van der Waals surface area (Å²) >= 11 is 0. The molecule has 0 aromatic heterocycles. The van der Waals surface area contributed by atoms with E-state index in [1.165, 1.54) is 45.2 Å². The molecule has 0 spiro atoms. The second-order valence-electron chi connectivity index (χ2n) is 5.52. The molecular weight excluding hydrogens is 174 g/mol. The SMILES string of the molecule is CC1CN(CC2(CO)CCCCC2)C1. The summed E-state index contributed by atoms with van der Waals surface area (Å²) in [6, 6.07) is 0. The van der Waals surface area contributed by atoms with Crippen molar-refractivity contribution in [3.63, 3.8) is 0 Å². The Hall–Kier alpha value is -0.0800. The van der Waals surface area contributed by atoms with Crippen LogP contribution in [0.4, 0.5) is 0 Å². The molecule has 2 heteroatoms. The average molecular weight is 197 g/mol. The van der Waals surface area contributed by atoms with Crippen LogP contribution in [0.3, 0.4) is 0 Å². The number of hydrogen-bond donors (Lipinski definition) is 1. The van der Waals surface area contributed by atoms with Crippen molar-refractivity contribution in [2.45, 2.75) is 39.0 Å². The highest BCUT2D eigenvalue weighted by atomic mass is 16.3. The van der Waals surface area contributed by atoms with Crippen molar-refractivity contribution in [1.29, 1.82) is 0 Å². The van der Waals surface area contributed by atoms with Gasteiger partial charge in [0.2, 0.25) is 0 Å². The van der Waals surface area contributed by atoms with Gasteiger partial charge in [-0.2, -0.15) is 0 Å². The second kappa shape index (κ2) is 4.19. The molecule has 82 valence electrons. The van der Waals surface area contributed by atoms with Crippen LogP contribution in [0, 0.1) is 11.3 Å².